The van der Waals surface area contributed by atoms with Gasteiger partial charge in [-0.15, -0.1) is 0 Å². The lowest BCUT2D eigenvalue weighted by molar-refractivity contribution is -0.141. The van der Waals surface area contributed by atoms with Gasteiger partial charge >= 0.3 is 5.97 Å². The topological polar surface area (TPSA) is 66.4 Å². The molecule has 0 rings (SSSR count). The quantitative estimate of drug-likeness (QED) is 0.232. The number of hydrogen-bond donors (Lipinski definition) is 2. The highest BCUT2D eigenvalue weighted by molar-refractivity contribution is 5.83. The van der Waals surface area contributed by atoms with Crippen molar-refractivity contribution in [1.82, 2.24) is 5.32 Å². The van der Waals surface area contributed by atoms with E-state index in [1.807, 2.05) is 0 Å². The van der Waals surface area contributed by atoms with Gasteiger partial charge in [0.05, 0.1) is 0 Å². The predicted molar refractivity (Wildman–Crippen MR) is 114 cm³/mol. The van der Waals surface area contributed by atoms with Crippen LogP contribution in [0, 0.1) is 0 Å². The van der Waals surface area contributed by atoms with Crippen molar-refractivity contribution >= 4 is 11.9 Å². The van der Waals surface area contributed by atoms with Crippen LogP contribution >= 0.6 is 0 Å². The maximum absolute atomic E-state index is 11.5. The van der Waals surface area contributed by atoms with Gasteiger partial charge in [-0.3, -0.25) is 9.59 Å². The first-order chi connectivity index (χ1) is 13.1. The molecule has 0 radical (unpaired) electrons. The molecule has 4 heteroatoms. The second-order valence-corrected chi connectivity index (χ2v) is 8.03. The van der Waals surface area contributed by atoms with Gasteiger partial charge in [0.1, 0.15) is 6.04 Å². The molecular formula is C23H45NO3. The average Bonchev–Trinajstić information content (AvgIpc) is 2.64. The van der Waals surface area contributed by atoms with Crippen molar-refractivity contribution in [1.29, 1.82) is 0 Å². The lowest BCUT2D eigenvalue weighted by atomic mass is 10.0. The van der Waals surface area contributed by atoms with Crippen molar-refractivity contribution in [2.45, 2.75) is 135 Å². The van der Waals surface area contributed by atoms with Crippen LogP contribution in [0.1, 0.15) is 129 Å². The number of carbonyl (C=O) groups is 2. The fourth-order valence-electron chi connectivity index (χ4n) is 3.39. The third kappa shape index (κ3) is 19.5. The van der Waals surface area contributed by atoms with Crippen LogP contribution < -0.4 is 5.32 Å². The third-order valence-electron chi connectivity index (χ3n) is 5.26. The van der Waals surface area contributed by atoms with Crippen LogP contribution in [0.15, 0.2) is 0 Å². The molecule has 0 aliphatic rings. The zero-order valence-electron chi connectivity index (χ0n) is 18.1. The molecular weight excluding hydrogens is 338 g/mol. The normalized spacial score (nSPS) is 12.1. The molecule has 0 aromatic rings. The number of amides is 1. The Bertz CT molecular complexity index is 358. The molecule has 0 fully saturated rings. The zero-order chi connectivity index (χ0) is 20.2. The standard InChI is InChI=1S/C23H45NO3/c1-3-4-5-6-7-8-9-10-11-12-13-14-15-16-17-18-19-20-22(25)24-21(2)23(26)27/h21H,3-20H2,1-2H3,(H,24,25)(H,26,27)/t21-/m0/s1. The van der Waals surface area contributed by atoms with Crippen molar-refractivity contribution in [3.05, 3.63) is 0 Å². The van der Waals surface area contributed by atoms with Crippen LogP contribution in [-0.4, -0.2) is 23.0 Å². The number of carboxylic acids is 1. The van der Waals surface area contributed by atoms with Gasteiger partial charge in [-0.25, -0.2) is 0 Å². The molecule has 2 N–H and O–H groups in total. The van der Waals surface area contributed by atoms with Gasteiger partial charge in [-0.05, 0) is 13.3 Å². The monoisotopic (exact) mass is 383 g/mol. The van der Waals surface area contributed by atoms with Crippen LogP contribution in [0.4, 0.5) is 0 Å². The number of nitrogens with one attached hydrogen (secondary N) is 1. The second-order valence-electron chi connectivity index (χ2n) is 8.03. The summed E-state index contributed by atoms with van der Waals surface area (Å²) < 4.78 is 0. The first-order valence-electron chi connectivity index (χ1n) is 11.6. The summed E-state index contributed by atoms with van der Waals surface area (Å²) in [5.74, 6) is -1.13. The fraction of sp³-hybridized carbons (Fsp3) is 0.913. The summed E-state index contributed by atoms with van der Waals surface area (Å²) in [6.45, 7) is 3.77. The maximum Gasteiger partial charge on any atom is 0.325 e. The Labute approximate surface area is 167 Å². The number of rotatable bonds is 20. The summed E-state index contributed by atoms with van der Waals surface area (Å²) in [7, 11) is 0. The largest absolute Gasteiger partial charge is 0.480 e. The molecule has 27 heavy (non-hydrogen) atoms. The Kier molecular flexibility index (Phi) is 18.9. The van der Waals surface area contributed by atoms with E-state index in [0.717, 1.165) is 12.8 Å². The summed E-state index contributed by atoms with van der Waals surface area (Å²) in [6, 6.07) is -0.789. The average molecular weight is 384 g/mol. The van der Waals surface area contributed by atoms with Crippen molar-refractivity contribution in [3.63, 3.8) is 0 Å². The molecule has 0 heterocycles. The smallest absolute Gasteiger partial charge is 0.325 e. The summed E-state index contributed by atoms with van der Waals surface area (Å²) >= 11 is 0. The van der Waals surface area contributed by atoms with Gasteiger partial charge in [0.25, 0.3) is 0 Å². The highest BCUT2D eigenvalue weighted by Gasteiger charge is 2.12. The van der Waals surface area contributed by atoms with Crippen molar-refractivity contribution in [2.75, 3.05) is 0 Å². The van der Waals surface area contributed by atoms with Crippen molar-refractivity contribution in [2.24, 2.45) is 0 Å². The van der Waals surface area contributed by atoms with Crippen LogP contribution in [-0.2, 0) is 9.59 Å². The lowest BCUT2D eigenvalue weighted by Gasteiger charge is -2.08. The number of aliphatic carboxylic acids is 1. The number of hydrogen-bond acceptors (Lipinski definition) is 2. The minimum Gasteiger partial charge on any atom is -0.480 e. The van der Waals surface area contributed by atoms with E-state index in [-0.39, 0.29) is 5.91 Å². The van der Waals surface area contributed by atoms with Gasteiger partial charge in [-0.1, -0.05) is 110 Å². The van der Waals surface area contributed by atoms with Gasteiger partial charge in [0, 0.05) is 6.42 Å². The van der Waals surface area contributed by atoms with E-state index in [4.69, 9.17) is 5.11 Å². The number of carbonyl (C=O) groups excluding carboxylic acids is 1. The zero-order valence-corrected chi connectivity index (χ0v) is 18.1. The molecule has 0 aromatic heterocycles. The lowest BCUT2D eigenvalue weighted by Crippen LogP contribution is -2.38. The van der Waals surface area contributed by atoms with E-state index in [9.17, 15) is 9.59 Å². The predicted octanol–water partition coefficient (Wildman–Crippen LogP) is 6.62. The van der Waals surface area contributed by atoms with Gasteiger partial charge in [0.15, 0.2) is 0 Å². The molecule has 0 spiro atoms. The van der Waals surface area contributed by atoms with Crippen LogP contribution in [0.2, 0.25) is 0 Å². The molecule has 0 unspecified atom stereocenters. The Morgan fingerprint density at radius 1 is 0.667 bits per heavy atom. The minimum atomic E-state index is -0.981. The Morgan fingerprint density at radius 2 is 1.00 bits per heavy atom. The van der Waals surface area contributed by atoms with E-state index in [1.165, 1.54) is 103 Å². The molecule has 160 valence electrons. The molecule has 0 saturated carbocycles. The van der Waals surface area contributed by atoms with E-state index < -0.39 is 12.0 Å². The van der Waals surface area contributed by atoms with Crippen LogP contribution in [0.3, 0.4) is 0 Å². The summed E-state index contributed by atoms with van der Waals surface area (Å²) in [5.41, 5.74) is 0. The highest BCUT2D eigenvalue weighted by Crippen LogP contribution is 2.14. The van der Waals surface area contributed by atoms with E-state index in [1.54, 1.807) is 0 Å². The van der Waals surface area contributed by atoms with E-state index in [0.29, 0.717) is 6.42 Å². The Hall–Kier alpha value is -1.06. The van der Waals surface area contributed by atoms with Crippen molar-refractivity contribution in [3.8, 4) is 0 Å². The van der Waals surface area contributed by atoms with Gasteiger partial charge in [0.2, 0.25) is 5.91 Å². The molecule has 0 aromatic carbocycles. The van der Waals surface area contributed by atoms with E-state index >= 15 is 0 Å². The highest BCUT2D eigenvalue weighted by atomic mass is 16.4. The fourth-order valence-corrected chi connectivity index (χ4v) is 3.39. The number of unbranched alkanes of at least 4 members (excludes halogenated alkanes) is 16. The summed E-state index contributed by atoms with van der Waals surface area (Å²) in [6.07, 6.45) is 22.9. The van der Waals surface area contributed by atoms with Crippen molar-refractivity contribution < 1.29 is 14.7 Å². The Morgan fingerprint density at radius 3 is 1.33 bits per heavy atom. The maximum atomic E-state index is 11.5. The SMILES string of the molecule is CCCCCCCCCCCCCCCCCCCC(=O)N[C@@H](C)C(=O)O. The van der Waals surface area contributed by atoms with Gasteiger partial charge in [-0.2, -0.15) is 0 Å². The molecule has 0 bridgehead atoms. The molecule has 1 atom stereocenters. The molecule has 0 aliphatic heterocycles. The van der Waals surface area contributed by atoms with Gasteiger partial charge < -0.3 is 10.4 Å². The Balaban J connectivity index is 3.17. The third-order valence-corrected chi connectivity index (χ3v) is 5.26. The summed E-state index contributed by atoms with van der Waals surface area (Å²) in [4.78, 5) is 22.2. The molecule has 4 nitrogen and oxygen atoms in total. The van der Waals surface area contributed by atoms with Crippen LogP contribution in [0.5, 0.6) is 0 Å². The first kappa shape index (κ1) is 25.9. The summed E-state index contributed by atoms with van der Waals surface area (Å²) in [5, 5.41) is 11.2. The molecule has 1 amide bonds. The molecule has 0 aliphatic carbocycles. The molecule has 0 saturated heterocycles. The number of carboxylic acid groups (broad SMARTS) is 1. The first-order valence-corrected chi connectivity index (χ1v) is 11.6. The minimum absolute atomic E-state index is 0.147. The second kappa shape index (κ2) is 19.7. The van der Waals surface area contributed by atoms with Crippen LogP contribution in [0.25, 0.3) is 0 Å². The van der Waals surface area contributed by atoms with E-state index in [2.05, 4.69) is 12.2 Å².